The summed E-state index contributed by atoms with van der Waals surface area (Å²) < 4.78 is 33.9. The highest BCUT2D eigenvalue weighted by molar-refractivity contribution is 7.89. The topological polar surface area (TPSA) is 128 Å². The van der Waals surface area contributed by atoms with Crippen LogP contribution in [0, 0.1) is 17.0 Å². The van der Waals surface area contributed by atoms with E-state index >= 15 is 0 Å². The van der Waals surface area contributed by atoms with E-state index in [9.17, 15) is 23.3 Å². The number of hydrogen-bond donors (Lipinski definition) is 2. The monoisotopic (exact) mass is 447 g/mol. The third kappa shape index (κ3) is 5.20. The molecule has 10 heteroatoms. The van der Waals surface area contributed by atoms with Crippen molar-refractivity contribution in [1.82, 2.24) is 4.72 Å². The largest absolute Gasteiger partial charge is 0.495 e. The molecular weight excluding hydrogens is 422 g/mol. The van der Waals surface area contributed by atoms with Crippen LogP contribution in [-0.2, 0) is 10.0 Å². The van der Waals surface area contributed by atoms with E-state index < -0.39 is 20.9 Å². The summed E-state index contributed by atoms with van der Waals surface area (Å²) in [6.45, 7) is 1.53. The van der Waals surface area contributed by atoms with Gasteiger partial charge in [-0.3, -0.25) is 14.9 Å². The van der Waals surface area contributed by atoms with Gasteiger partial charge in [-0.2, -0.15) is 0 Å². The Morgan fingerprint density at radius 3 is 2.52 bits per heavy atom. The van der Waals surface area contributed by atoms with Crippen molar-refractivity contribution in [2.24, 2.45) is 0 Å². The smallest absolute Gasteiger partial charge is 0.274 e. The molecule has 2 aromatic rings. The summed E-state index contributed by atoms with van der Waals surface area (Å²) in [5.41, 5.74) is 0.559. The van der Waals surface area contributed by atoms with Crippen LogP contribution in [0.4, 0.5) is 11.4 Å². The maximum Gasteiger partial charge on any atom is 0.274 e. The van der Waals surface area contributed by atoms with Crippen LogP contribution in [-0.4, -0.2) is 32.4 Å². The van der Waals surface area contributed by atoms with Crippen molar-refractivity contribution in [3.63, 3.8) is 0 Å². The van der Waals surface area contributed by atoms with Gasteiger partial charge in [0, 0.05) is 17.7 Å². The van der Waals surface area contributed by atoms with Gasteiger partial charge in [-0.1, -0.05) is 25.3 Å². The Balaban J connectivity index is 1.88. The number of rotatable bonds is 7. The van der Waals surface area contributed by atoms with Gasteiger partial charge in [0.2, 0.25) is 10.0 Å². The second-order valence-corrected chi connectivity index (χ2v) is 9.17. The Bertz CT molecular complexity index is 1090. The highest BCUT2D eigenvalue weighted by Crippen LogP contribution is 2.29. The van der Waals surface area contributed by atoms with Crippen LogP contribution >= 0.6 is 0 Å². The van der Waals surface area contributed by atoms with Gasteiger partial charge in [0.1, 0.15) is 10.6 Å². The predicted molar refractivity (Wildman–Crippen MR) is 116 cm³/mol. The molecule has 1 saturated carbocycles. The number of amides is 1. The molecule has 9 nitrogen and oxygen atoms in total. The standard InChI is InChI=1S/C21H25N3O6S/c1-14-17(9-6-10-18(14)24(26)27)22-21(25)15-11-12-19(30-2)20(13-15)31(28,29)23-16-7-4-3-5-8-16/h6,9-13,16,23H,3-5,7-8H2,1-2H3,(H,22,25). The van der Waals surface area contributed by atoms with E-state index in [2.05, 4.69) is 10.0 Å². The fourth-order valence-electron chi connectivity index (χ4n) is 3.68. The van der Waals surface area contributed by atoms with Crippen molar-refractivity contribution in [3.8, 4) is 5.75 Å². The fraction of sp³-hybridized carbons (Fsp3) is 0.381. The Kier molecular flexibility index (Phi) is 6.91. The normalized spacial score (nSPS) is 14.8. The minimum absolute atomic E-state index is 0.0933. The van der Waals surface area contributed by atoms with Crippen LogP contribution < -0.4 is 14.8 Å². The lowest BCUT2D eigenvalue weighted by molar-refractivity contribution is -0.385. The molecule has 1 aliphatic carbocycles. The summed E-state index contributed by atoms with van der Waals surface area (Å²) in [5, 5.41) is 13.7. The summed E-state index contributed by atoms with van der Waals surface area (Å²) in [7, 11) is -2.54. The number of sulfonamides is 1. The molecule has 0 bridgehead atoms. The average Bonchev–Trinajstić information content (AvgIpc) is 2.74. The summed E-state index contributed by atoms with van der Waals surface area (Å²) in [4.78, 5) is 23.3. The van der Waals surface area contributed by atoms with E-state index in [0.717, 1.165) is 32.1 Å². The van der Waals surface area contributed by atoms with E-state index in [4.69, 9.17) is 4.74 Å². The molecule has 0 heterocycles. The summed E-state index contributed by atoms with van der Waals surface area (Å²) in [6, 6.07) is 8.34. The zero-order valence-electron chi connectivity index (χ0n) is 17.4. The van der Waals surface area contributed by atoms with Gasteiger partial charge in [-0.05, 0) is 44.0 Å². The quantitative estimate of drug-likeness (QED) is 0.491. The number of nitrogens with one attached hydrogen (secondary N) is 2. The third-order valence-corrected chi connectivity index (χ3v) is 6.93. The Hall–Kier alpha value is -2.98. The number of ether oxygens (including phenoxy) is 1. The minimum Gasteiger partial charge on any atom is -0.495 e. The zero-order valence-corrected chi connectivity index (χ0v) is 18.2. The predicted octanol–water partition coefficient (Wildman–Crippen LogP) is 3.78. The van der Waals surface area contributed by atoms with Gasteiger partial charge < -0.3 is 10.1 Å². The second kappa shape index (κ2) is 9.44. The lowest BCUT2D eigenvalue weighted by atomic mass is 9.96. The second-order valence-electron chi connectivity index (χ2n) is 7.48. The van der Waals surface area contributed by atoms with Crippen LogP contribution in [0.2, 0.25) is 0 Å². The van der Waals surface area contributed by atoms with Crippen LogP contribution in [0.5, 0.6) is 5.75 Å². The van der Waals surface area contributed by atoms with Crippen molar-refractivity contribution in [2.45, 2.75) is 50.0 Å². The van der Waals surface area contributed by atoms with E-state index in [-0.39, 0.29) is 33.6 Å². The Labute approximate surface area is 181 Å². The Morgan fingerprint density at radius 1 is 1.16 bits per heavy atom. The van der Waals surface area contributed by atoms with E-state index in [1.807, 2.05) is 0 Å². The van der Waals surface area contributed by atoms with Crippen molar-refractivity contribution in [3.05, 3.63) is 57.6 Å². The molecule has 0 saturated heterocycles. The van der Waals surface area contributed by atoms with Gasteiger partial charge in [0.15, 0.2) is 0 Å². The van der Waals surface area contributed by atoms with E-state index in [1.165, 1.54) is 44.4 Å². The van der Waals surface area contributed by atoms with E-state index in [0.29, 0.717) is 5.56 Å². The molecule has 31 heavy (non-hydrogen) atoms. The first kappa shape index (κ1) is 22.7. The minimum atomic E-state index is -3.90. The molecule has 2 aromatic carbocycles. The van der Waals surface area contributed by atoms with Crippen LogP contribution in [0.3, 0.4) is 0 Å². The van der Waals surface area contributed by atoms with Crippen molar-refractivity contribution < 1.29 is 22.9 Å². The highest BCUT2D eigenvalue weighted by atomic mass is 32.2. The first-order chi connectivity index (χ1) is 14.7. The first-order valence-electron chi connectivity index (χ1n) is 9.98. The maximum atomic E-state index is 13.0. The van der Waals surface area contributed by atoms with Crippen molar-refractivity contribution >= 4 is 27.3 Å². The molecule has 1 amide bonds. The van der Waals surface area contributed by atoms with Crippen molar-refractivity contribution in [1.29, 1.82) is 0 Å². The number of carbonyl (C=O) groups excluding carboxylic acids is 1. The third-order valence-electron chi connectivity index (χ3n) is 5.39. The van der Waals surface area contributed by atoms with Crippen molar-refractivity contribution in [2.75, 3.05) is 12.4 Å². The number of methoxy groups -OCH3 is 1. The summed E-state index contributed by atoms with van der Waals surface area (Å²) in [6.07, 6.45) is 4.57. The summed E-state index contributed by atoms with van der Waals surface area (Å²) >= 11 is 0. The molecule has 0 radical (unpaired) electrons. The molecule has 0 aliphatic heterocycles. The lowest BCUT2D eigenvalue weighted by Gasteiger charge is -2.23. The molecule has 1 aliphatic rings. The van der Waals surface area contributed by atoms with Crippen LogP contribution in [0.25, 0.3) is 0 Å². The maximum absolute atomic E-state index is 13.0. The van der Waals surface area contributed by atoms with E-state index in [1.54, 1.807) is 6.07 Å². The van der Waals surface area contributed by atoms with Gasteiger partial charge >= 0.3 is 0 Å². The number of carbonyl (C=O) groups is 1. The highest BCUT2D eigenvalue weighted by Gasteiger charge is 2.26. The molecular formula is C21H25N3O6S. The zero-order chi connectivity index (χ0) is 22.6. The molecule has 0 spiro atoms. The van der Waals surface area contributed by atoms with Gasteiger partial charge in [-0.15, -0.1) is 0 Å². The number of anilines is 1. The first-order valence-corrected chi connectivity index (χ1v) is 11.5. The number of nitro benzene ring substituents is 1. The average molecular weight is 448 g/mol. The molecule has 3 rings (SSSR count). The molecule has 166 valence electrons. The number of hydrogen-bond acceptors (Lipinski definition) is 6. The number of nitro groups is 1. The number of benzene rings is 2. The fourth-order valence-corrected chi connectivity index (χ4v) is 5.18. The molecule has 2 N–H and O–H groups in total. The van der Waals surface area contributed by atoms with Gasteiger partial charge in [0.05, 0.1) is 23.3 Å². The molecule has 0 atom stereocenters. The molecule has 1 fully saturated rings. The lowest BCUT2D eigenvalue weighted by Crippen LogP contribution is -2.36. The van der Waals surface area contributed by atoms with Crippen LogP contribution in [0.15, 0.2) is 41.3 Å². The molecule has 0 unspecified atom stereocenters. The van der Waals surface area contributed by atoms with Crippen LogP contribution in [0.1, 0.15) is 48.0 Å². The summed E-state index contributed by atoms with van der Waals surface area (Å²) in [5.74, 6) is -0.452. The molecule has 0 aromatic heterocycles. The Morgan fingerprint density at radius 2 is 1.87 bits per heavy atom. The number of nitrogens with zero attached hydrogens (tertiary/aromatic N) is 1. The SMILES string of the molecule is COc1ccc(C(=O)Nc2cccc([N+](=O)[O-])c2C)cc1S(=O)(=O)NC1CCCCC1. The van der Waals surface area contributed by atoms with Gasteiger partial charge in [-0.25, -0.2) is 13.1 Å². The van der Waals surface area contributed by atoms with Gasteiger partial charge in [0.25, 0.3) is 11.6 Å².